The van der Waals surface area contributed by atoms with Crippen molar-refractivity contribution >= 4 is 40.4 Å². The van der Waals surface area contributed by atoms with Crippen LogP contribution in [0.4, 0.5) is 17.2 Å². The van der Waals surface area contributed by atoms with E-state index in [-0.39, 0.29) is 0 Å². The summed E-state index contributed by atoms with van der Waals surface area (Å²) in [6.07, 6.45) is 1.48. The molecule has 1 aromatic heterocycles. The van der Waals surface area contributed by atoms with Gasteiger partial charge in [-0.2, -0.15) is 4.98 Å². The highest BCUT2D eigenvalue weighted by atomic mass is 35.5. The molecule has 29 heavy (non-hydrogen) atoms. The first-order valence-electron chi connectivity index (χ1n) is 9.31. The maximum atomic E-state index is 6.35. The standard InChI is InChI=1S/C21H21Cl2N5O/c1-14-11-17(5-6-18(14)23)29-21-19(24)20(25-13-26-21)28-9-7-27(8-10-28)16-4-2-3-15(22)12-16/h2-6,11-13H,7-10,24H2,1H3. The fourth-order valence-electron chi connectivity index (χ4n) is 3.35. The first-order valence-corrected chi connectivity index (χ1v) is 10.1. The van der Waals surface area contributed by atoms with E-state index in [1.165, 1.54) is 6.33 Å². The molecule has 0 aliphatic carbocycles. The number of hydrogen-bond acceptors (Lipinski definition) is 6. The average Bonchev–Trinajstić information content (AvgIpc) is 2.72. The molecule has 2 heterocycles. The van der Waals surface area contributed by atoms with Crippen molar-refractivity contribution < 1.29 is 4.74 Å². The number of halogens is 2. The summed E-state index contributed by atoms with van der Waals surface area (Å²) in [4.78, 5) is 13.1. The Kier molecular flexibility index (Phi) is 5.65. The van der Waals surface area contributed by atoms with Crippen LogP contribution >= 0.6 is 23.2 Å². The van der Waals surface area contributed by atoms with Gasteiger partial charge in [0.05, 0.1) is 0 Å². The number of ether oxygens (including phenoxy) is 1. The molecule has 8 heteroatoms. The lowest BCUT2D eigenvalue weighted by Gasteiger charge is -2.37. The van der Waals surface area contributed by atoms with Gasteiger partial charge in [0.2, 0.25) is 5.88 Å². The molecule has 6 nitrogen and oxygen atoms in total. The van der Waals surface area contributed by atoms with Gasteiger partial charge < -0.3 is 20.3 Å². The molecule has 1 aliphatic heterocycles. The minimum atomic E-state index is 0.342. The molecule has 1 saturated heterocycles. The lowest BCUT2D eigenvalue weighted by Crippen LogP contribution is -2.47. The summed E-state index contributed by atoms with van der Waals surface area (Å²) >= 11 is 12.2. The Balaban J connectivity index is 1.48. The zero-order valence-electron chi connectivity index (χ0n) is 16.0. The summed E-state index contributed by atoms with van der Waals surface area (Å²) in [6.45, 7) is 5.18. The highest BCUT2D eigenvalue weighted by Gasteiger charge is 2.22. The number of nitrogens with zero attached hydrogens (tertiary/aromatic N) is 4. The van der Waals surface area contributed by atoms with Crippen LogP contribution in [-0.2, 0) is 0 Å². The quantitative estimate of drug-likeness (QED) is 0.642. The van der Waals surface area contributed by atoms with Crippen molar-refractivity contribution in [2.75, 3.05) is 41.7 Å². The molecule has 4 rings (SSSR count). The third-order valence-electron chi connectivity index (χ3n) is 4.92. The summed E-state index contributed by atoms with van der Waals surface area (Å²) in [5.74, 6) is 1.66. The molecule has 0 unspecified atom stereocenters. The van der Waals surface area contributed by atoms with Crippen LogP contribution in [0.1, 0.15) is 5.56 Å². The molecule has 0 saturated carbocycles. The molecule has 2 N–H and O–H groups in total. The van der Waals surface area contributed by atoms with Crippen LogP contribution in [0.2, 0.25) is 10.0 Å². The SMILES string of the molecule is Cc1cc(Oc2ncnc(N3CCN(c4cccc(Cl)c4)CC3)c2N)ccc1Cl. The minimum absolute atomic E-state index is 0.342. The molecule has 0 atom stereocenters. The fraction of sp³-hybridized carbons (Fsp3) is 0.238. The lowest BCUT2D eigenvalue weighted by molar-refractivity contribution is 0.463. The molecule has 1 aliphatic rings. The summed E-state index contributed by atoms with van der Waals surface area (Å²) in [5, 5.41) is 1.43. The van der Waals surface area contributed by atoms with Crippen molar-refractivity contribution in [1.29, 1.82) is 0 Å². The van der Waals surface area contributed by atoms with Crippen LogP contribution in [-0.4, -0.2) is 36.1 Å². The zero-order valence-corrected chi connectivity index (χ0v) is 17.5. The van der Waals surface area contributed by atoms with Crippen LogP contribution in [0.15, 0.2) is 48.8 Å². The second kappa shape index (κ2) is 8.35. The monoisotopic (exact) mass is 429 g/mol. The van der Waals surface area contributed by atoms with Crippen LogP contribution in [0, 0.1) is 6.92 Å². The molecule has 3 aromatic rings. The summed E-state index contributed by atoms with van der Waals surface area (Å²) in [6, 6.07) is 13.3. The van der Waals surface area contributed by atoms with Crippen molar-refractivity contribution in [3.63, 3.8) is 0 Å². The van der Waals surface area contributed by atoms with Crippen molar-refractivity contribution in [3.8, 4) is 11.6 Å². The first kappa shape index (κ1) is 19.6. The Hall–Kier alpha value is -2.70. The number of anilines is 3. The Morgan fingerprint density at radius 2 is 1.72 bits per heavy atom. The Bertz CT molecular complexity index is 1020. The van der Waals surface area contributed by atoms with Gasteiger partial charge in [0.1, 0.15) is 17.8 Å². The van der Waals surface area contributed by atoms with Gasteiger partial charge in [-0.1, -0.05) is 29.3 Å². The highest BCUT2D eigenvalue weighted by molar-refractivity contribution is 6.31. The number of benzene rings is 2. The van der Waals surface area contributed by atoms with Crippen LogP contribution in [0.25, 0.3) is 0 Å². The summed E-state index contributed by atoms with van der Waals surface area (Å²) in [7, 11) is 0. The molecular formula is C21H21Cl2N5O. The Morgan fingerprint density at radius 3 is 2.45 bits per heavy atom. The van der Waals surface area contributed by atoms with E-state index in [1.54, 1.807) is 12.1 Å². The number of aryl methyl sites for hydroxylation is 1. The van der Waals surface area contributed by atoms with Gasteiger partial charge in [0, 0.05) is 41.9 Å². The maximum Gasteiger partial charge on any atom is 0.248 e. The predicted octanol–water partition coefficient (Wildman–Crippen LogP) is 4.79. The van der Waals surface area contributed by atoms with Crippen molar-refractivity contribution in [3.05, 3.63) is 64.4 Å². The third kappa shape index (κ3) is 4.33. The van der Waals surface area contributed by atoms with E-state index in [0.717, 1.165) is 42.5 Å². The number of nitrogen functional groups attached to an aromatic ring is 1. The molecule has 1 fully saturated rings. The number of rotatable bonds is 4. The van der Waals surface area contributed by atoms with E-state index >= 15 is 0 Å². The van der Waals surface area contributed by atoms with Gasteiger partial charge in [-0.25, -0.2) is 4.98 Å². The molecule has 0 radical (unpaired) electrons. The maximum absolute atomic E-state index is 6.35. The van der Waals surface area contributed by atoms with Crippen LogP contribution in [0.5, 0.6) is 11.6 Å². The molecule has 0 spiro atoms. The molecule has 0 bridgehead atoms. The molecule has 0 amide bonds. The first-order chi connectivity index (χ1) is 14.0. The smallest absolute Gasteiger partial charge is 0.248 e. The average molecular weight is 430 g/mol. The second-order valence-corrected chi connectivity index (χ2v) is 7.73. The summed E-state index contributed by atoms with van der Waals surface area (Å²) < 4.78 is 5.89. The number of nitrogens with two attached hydrogens (primary N) is 1. The van der Waals surface area contributed by atoms with Gasteiger partial charge in [-0.05, 0) is 48.9 Å². The van der Waals surface area contributed by atoms with Gasteiger partial charge in [-0.15, -0.1) is 0 Å². The predicted molar refractivity (Wildman–Crippen MR) is 119 cm³/mol. The Labute approximate surface area is 179 Å². The van der Waals surface area contributed by atoms with Crippen LogP contribution < -0.4 is 20.3 Å². The molecule has 150 valence electrons. The number of hydrogen-bond donors (Lipinski definition) is 1. The fourth-order valence-corrected chi connectivity index (χ4v) is 3.65. The van der Waals surface area contributed by atoms with Crippen molar-refractivity contribution in [1.82, 2.24) is 9.97 Å². The highest BCUT2D eigenvalue weighted by Crippen LogP contribution is 2.33. The van der Waals surface area contributed by atoms with Crippen molar-refractivity contribution in [2.24, 2.45) is 0 Å². The van der Waals surface area contributed by atoms with E-state index in [2.05, 4.69) is 25.8 Å². The van der Waals surface area contributed by atoms with E-state index in [1.807, 2.05) is 31.2 Å². The van der Waals surface area contributed by atoms with Gasteiger partial charge in [0.15, 0.2) is 5.82 Å². The molecule has 2 aromatic carbocycles. The largest absolute Gasteiger partial charge is 0.437 e. The van der Waals surface area contributed by atoms with Gasteiger partial charge in [-0.3, -0.25) is 0 Å². The minimum Gasteiger partial charge on any atom is -0.437 e. The number of aromatic nitrogens is 2. The van der Waals surface area contributed by atoms with E-state index < -0.39 is 0 Å². The van der Waals surface area contributed by atoms with E-state index in [0.29, 0.717) is 28.2 Å². The normalized spacial score (nSPS) is 14.2. The van der Waals surface area contributed by atoms with E-state index in [9.17, 15) is 0 Å². The number of piperazine rings is 1. The topological polar surface area (TPSA) is 67.5 Å². The zero-order chi connectivity index (χ0) is 20.4. The van der Waals surface area contributed by atoms with Crippen molar-refractivity contribution in [2.45, 2.75) is 6.92 Å². The van der Waals surface area contributed by atoms with Gasteiger partial charge >= 0.3 is 0 Å². The van der Waals surface area contributed by atoms with E-state index in [4.69, 9.17) is 33.7 Å². The second-order valence-electron chi connectivity index (χ2n) is 6.88. The van der Waals surface area contributed by atoms with Gasteiger partial charge in [0.25, 0.3) is 0 Å². The molecular weight excluding hydrogens is 409 g/mol. The van der Waals surface area contributed by atoms with Crippen LogP contribution in [0.3, 0.4) is 0 Å². The lowest BCUT2D eigenvalue weighted by atomic mass is 10.2. The third-order valence-corrected chi connectivity index (χ3v) is 5.58. The summed E-state index contributed by atoms with van der Waals surface area (Å²) in [5.41, 5.74) is 8.82. The Morgan fingerprint density at radius 1 is 0.966 bits per heavy atom.